The van der Waals surface area contributed by atoms with Crippen LogP contribution in [0.1, 0.15) is 22.3 Å². The van der Waals surface area contributed by atoms with Crippen molar-refractivity contribution in [3.05, 3.63) is 82.9 Å². The number of ether oxygens (including phenoxy) is 2. The molecule has 0 saturated heterocycles. The van der Waals surface area contributed by atoms with E-state index in [1.807, 2.05) is 44.2 Å². The Morgan fingerprint density at radius 2 is 1.62 bits per heavy atom. The predicted molar refractivity (Wildman–Crippen MR) is 133 cm³/mol. The van der Waals surface area contributed by atoms with Gasteiger partial charge in [0.05, 0.1) is 12.0 Å². The van der Waals surface area contributed by atoms with Crippen molar-refractivity contribution >= 4 is 21.6 Å². The second kappa shape index (κ2) is 11.1. The molecule has 2 N–H and O–H groups in total. The lowest BCUT2D eigenvalue weighted by molar-refractivity contribution is -0.123. The first-order valence-electron chi connectivity index (χ1n) is 10.9. The number of nitrogens with one attached hydrogen (secondary N) is 2. The van der Waals surface area contributed by atoms with Gasteiger partial charge in [-0.3, -0.25) is 9.52 Å². The second-order valence-corrected chi connectivity index (χ2v) is 9.75. The van der Waals surface area contributed by atoms with Crippen LogP contribution in [0, 0.1) is 20.8 Å². The van der Waals surface area contributed by atoms with Crippen molar-refractivity contribution in [2.45, 2.75) is 32.1 Å². The Labute approximate surface area is 201 Å². The van der Waals surface area contributed by atoms with Crippen molar-refractivity contribution in [2.75, 3.05) is 25.0 Å². The first-order chi connectivity index (χ1) is 16.2. The van der Waals surface area contributed by atoms with Gasteiger partial charge in [0, 0.05) is 12.2 Å². The lowest BCUT2D eigenvalue weighted by Crippen LogP contribution is -2.30. The second-order valence-electron chi connectivity index (χ2n) is 8.07. The lowest BCUT2D eigenvalue weighted by atomic mass is 10.1. The number of sulfonamides is 1. The first kappa shape index (κ1) is 25.1. The summed E-state index contributed by atoms with van der Waals surface area (Å²) in [5.74, 6) is 0.993. The third kappa shape index (κ3) is 6.74. The molecule has 0 saturated carbocycles. The van der Waals surface area contributed by atoms with Gasteiger partial charge >= 0.3 is 0 Å². The minimum Gasteiger partial charge on any atom is -0.497 e. The highest BCUT2D eigenvalue weighted by molar-refractivity contribution is 7.92. The lowest BCUT2D eigenvalue weighted by Gasteiger charge is -2.13. The molecule has 0 aliphatic heterocycles. The number of hydrogen-bond donors (Lipinski definition) is 2. The molecule has 0 spiro atoms. The molecule has 3 aromatic rings. The van der Waals surface area contributed by atoms with Crippen LogP contribution in [-0.2, 0) is 21.2 Å². The summed E-state index contributed by atoms with van der Waals surface area (Å²) in [6.45, 7) is 5.97. The molecule has 0 unspecified atom stereocenters. The number of aryl methyl sites for hydroxylation is 3. The van der Waals surface area contributed by atoms with Crippen LogP contribution < -0.4 is 19.5 Å². The summed E-state index contributed by atoms with van der Waals surface area (Å²) in [5.41, 5.74) is 4.30. The van der Waals surface area contributed by atoms with Crippen LogP contribution in [0.2, 0.25) is 0 Å². The van der Waals surface area contributed by atoms with Crippen molar-refractivity contribution in [3.8, 4) is 11.5 Å². The summed E-state index contributed by atoms with van der Waals surface area (Å²) in [4.78, 5) is 12.3. The van der Waals surface area contributed by atoms with Gasteiger partial charge in [0.2, 0.25) is 0 Å². The van der Waals surface area contributed by atoms with Gasteiger partial charge in [-0.15, -0.1) is 0 Å². The Morgan fingerprint density at radius 1 is 0.882 bits per heavy atom. The molecule has 0 radical (unpaired) electrons. The van der Waals surface area contributed by atoms with E-state index in [2.05, 4.69) is 10.0 Å². The van der Waals surface area contributed by atoms with E-state index in [-0.39, 0.29) is 17.4 Å². The fourth-order valence-corrected chi connectivity index (χ4v) is 4.44. The van der Waals surface area contributed by atoms with E-state index in [9.17, 15) is 13.2 Å². The predicted octanol–water partition coefficient (Wildman–Crippen LogP) is 4.16. The average molecular weight is 483 g/mol. The average Bonchev–Trinajstić information content (AvgIpc) is 2.81. The molecular weight excluding hydrogens is 452 g/mol. The number of hydrogen-bond acceptors (Lipinski definition) is 5. The zero-order chi connectivity index (χ0) is 24.7. The van der Waals surface area contributed by atoms with Crippen molar-refractivity contribution in [3.63, 3.8) is 0 Å². The quantitative estimate of drug-likeness (QED) is 0.453. The number of anilines is 1. The van der Waals surface area contributed by atoms with Crippen molar-refractivity contribution in [1.29, 1.82) is 0 Å². The van der Waals surface area contributed by atoms with E-state index in [4.69, 9.17) is 9.47 Å². The summed E-state index contributed by atoms with van der Waals surface area (Å²) >= 11 is 0. The molecule has 0 fully saturated rings. The van der Waals surface area contributed by atoms with Crippen LogP contribution in [0.4, 0.5) is 5.69 Å². The number of methoxy groups -OCH3 is 1. The molecule has 180 valence electrons. The largest absolute Gasteiger partial charge is 0.497 e. The minimum atomic E-state index is -3.75. The smallest absolute Gasteiger partial charge is 0.261 e. The molecule has 8 heteroatoms. The van der Waals surface area contributed by atoms with Crippen LogP contribution in [0.15, 0.2) is 65.6 Å². The standard InChI is InChI=1S/C26H30N2O5S/c1-18-5-8-22(15-19(18)2)28-34(30,31)24-11-12-25(20(3)16-24)33-17-26(29)27-14-13-21-6-9-23(32-4)10-7-21/h5-12,15-16,28H,13-14,17H2,1-4H3,(H,27,29). The van der Waals surface area contributed by atoms with Crippen LogP contribution in [-0.4, -0.2) is 34.6 Å². The Morgan fingerprint density at radius 3 is 2.26 bits per heavy atom. The van der Waals surface area contributed by atoms with E-state index in [0.717, 1.165) is 22.4 Å². The van der Waals surface area contributed by atoms with E-state index >= 15 is 0 Å². The third-order valence-electron chi connectivity index (χ3n) is 5.47. The van der Waals surface area contributed by atoms with Gasteiger partial charge in [-0.2, -0.15) is 0 Å². The Hall–Kier alpha value is -3.52. The van der Waals surface area contributed by atoms with Gasteiger partial charge in [0.25, 0.3) is 15.9 Å². The monoisotopic (exact) mass is 482 g/mol. The SMILES string of the molecule is COc1ccc(CCNC(=O)COc2ccc(S(=O)(=O)Nc3ccc(C)c(C)c3)cc2C)cc1. The molecule has 3 rings (SSSR count). The maximum atomic E-state index is 12.8. The molecule has 0 atom stereocenters. The Bertz CT molecular complexity index is 1250. The summed E-state index contributed by atoms with van der Waals surface area (Å²) in [6, 6.07) is 17.6. The third-order valence-corrected chi connectivity index (χ3v) is 6.85. The van der Waals surface area contributed by atoms with Crippen LogP contribution in [0.25, 0.3) is 0 Å². The molecule has 0 bridgehead atoms. The van der Waals surface area contributed by atoms with Crippen LogP contribution >= 0.6 is 0 Å². The maximum Gasteiger partial charge on any atom is 0.261 e. The van der Waals surface area contributed by atoms with Gasteiger partial charge in [-0.05, 0) is 91.9 Å². The Kier molecular flexibility index (Phi) is 8.17. The number of rotatable bonds is 10. The number of amides is 1. The summed E-state index contributed by atoms with van der Waals surface area (Å²) in [7, 11) is -2.13. The van der Waals surface area contributed by atoms with Crippen molar-refractivity contribution in [2.24, 2.45) is 0 Å². The van der Waals surface area contributed by atoms with Crippen molar-refractivity contribution in [1.82, 2.24) is 5.32 Å². The summed E-state index contributed by atoms with van der Waals surface area (Å²) in [6.07, 6.45) is 0.689. The highest BCUT2D eigenvalue weighted by Crippen LogP contribution is 2.24. The summed E-state index contributed by atoms with van der Waals surface area (Å²) < 4.78 is 38.9. The fraction of sp³-hybridized carbons (Fsp3) is 0.269. The van der Waals surface area contributed by atoms with Gasteiger partial charge < -0.3 is 14.8 Å². The number of benzene rings is 3. The van der Waals surface area contributed by atoms with E-state index in [1.54, 1.807) is 32.2 Å². The maximum absolute atomic E-state index is 12.8. The van der Waals surface area contributed by atoms with E-state index in [1.165, 1.54) is 12.1 Å². The molecule has 34 heavy (non-hydrogen) atoms. The molecule has 7 nitrogen and oxygen atoms in total. The molecule has 0 aromatic heterocycles. The van der Waals surface area contributed by atoms with Gasteiger partial charge in [-0.1, -0.05) is 18.2 Å². The van der Waals surface area contributed by atoms with Gasteiger partial charge in [-0.25, -0.2) is 8.42 Å². The Balaban J connectivity index is 1.52. The van der Waals surface area contributed by atoms with Crippen LogP contribution in [0.3, 0.4) is 0 Å². The topological polar surface area (TPSA) is 93.7 Å². The highest BCUT2D eigenvalue weighted by atomic mass is 32.2. The first-order valence-corrected chi connectivity index (χ1v) is 12.4. The number of carbonyl (C=O) groups excluding carboxylic acids is 1. The van der Waals surface area contributed by atoms with Crippen molar-refractivity contribution < 1.29 is 22.7 Å². The molecule has 3 aromatic carbocycles. The molecule has 0 aliphatic rings. The van der Waals surface area contributed by atoms with E-state index < -0.39 is 10.0 Å². The van der Waals surface area contributed by atoms with Gasteiger partial charge in [0.1, 0.15) is 11.5 Å². The summed E-state index contributed by atoms with van der Waals surface area (Å²) in [5, 5.41) is 2.82. The molecular formula is C26H30N2O5S. The minimum absolute atomic E-state index is 0.125. The normalized spacial score (nSPS) is 11.1. The fourth-order valence-electron chi connectivity index (χ4n) is 3.30. The molecule has 1 amide bonds. The number of carbonyl (C=O) groups is 1. The van der Waals surface area contributed by atoms with E-state index in [0.29, 0.717) is 30.0 Å². The van der Waals surface area contributed by atoms with Crippen LogP contribution in [0.5, 0.6) is 11.5 Å². The van der Waals surface area contributed by atoms with Gasteiger partial charge in [0.15, 0.2) is 6.61 Å². The molecule has 0 aliphatic carbocycles. The highest BCUT2D eigenvalue weighted by Gasteiger charge is 2.16. The molecule has 0 heterocycles. The zero-order valence-electron chi connectivity index (χ0n) is 19.8. The zero-order valence-corrected chi connectivity index (χ0v) is 20.7.